The summed E-state index contributed by atoms with van der Waals surface area (Å²) >= 11 is 0. The van der Waals surface area contributed by atoms with Crippen LogP contribution < -0.4 is 11.1 Å². The number of amides is 1. The van der Waals surface area contributed by atoms with Gasteiger partial charge in [0.25, 0.3) is 0 Å². The fourth-order valence-corrected chi connectivity index (χ4v) is 1.80. The maximum Gasteiger partial charge on any atom is 0.242 e. The third kappa shape index (κ3) is 3.42. The van der Waals surface area contributed by atoms with E-state index in [-0.39, 0.29) is 5.91 Å². The SMILES string of the molecule is Cc1cc(NC(=O)[C@@H](N)Cc2ccccc2)nn1C. The average Bonchev–Trinajstić information content (AvgIpc) is 2.69. The quantitative estimate of drug-likeness (QED) is 0.866. The van der Waals surface area contributed by atoms with Crippen LogP contribution in [0.4, 0.5) is 5.82 Å². The highest BCUT2D eigenvalue weighted by Crippen LogP contribution is 2.08. The molecule has 100 valence electrons. The molecule has 0 aliphatic heterocycles. The summed E-state index contributed by atoms with van der Waals surface area (Å²) in [6.45, 7) is 1.92. The van der Waals surface area contributed by atoms with Gasteiger partial charge in [0.05, 0.1) is 6.04 Å². The van der Waals surface area contributed by atoms with Gasteiger partial charge in [-0.15, -0.1) is 0 Å². The molecule has 0 aliphatic rings. The molecule has 2 aromatic rings. The van der Waals surface area contributed by atoms with E-state index >= 15 is 0 Å². The van der Waals surface area contributed by atoms with E-state index in [1.54, 1.807) is 4.68 Å². The standard InChI is InChI=1S/C14H18N4O/c1-10-8-13(17-18(10)2)16-14(19)12(15)9-11-6-4-3-5-7-11/h3-8,12H,9,15H2,1-2H3,(H,16,17,19)/t12-/m0/s1. The fraction of sp³-hybridized carbons (Fsp3) is 0.286. The van der Waals surface area contributed by atoms with Crippen molar-refractivity contribution in [2.45, 2.75) is 19.4 Å². The number of hydrogen-bond donors (Lipinski definition) is 2. The van der Waals surface area contributed by atoms with Crippen LogP contribution in [0.15, 0.2) is 36.4 Å². The lowest BCUT2D eigenvalue weighted by atomic mass is 10.1. The number of nitrogens with zero attached hydrogens (tertiary/aromatic N) is 2. The van der Waals surface area contributed by atoms with Crippen molar-refractivity contribution < 1.29 is 4.79 Å². The maximum absolute atomic E-state index is 12.0. The summed E-state index contributed by atoms with van der Waals surface area (Å²) in [5.41, 5.74) is 7.92. The molecule has 1 amide bonds. The Morgan fingerprint density at radius 1 is 1.42 bits per heavy atom. The lowest BCUT2D eigenvalue weighted by Crippen LogP contribution is -2.37. The smallest absolute Gasteiger partial charge is 0.242 e. The molecular weight excluding hydrogens is 240 g/mol. The van der Waals surface area contributed by atoms with Gasteiger partial charge in [-0.25, -0.2) is 0 Å². The molecule has 19 heavy (non-hydrogen) atoms. The lowest BCUT2D eigenvalue weighted by Gasteiger charge is -2.10. The van der Waals surface area contributed by atoms with Gasteiger partial charge < -0.3 is 11.1 Å². The van der Waals surface area contributed by atoms with Gasteiger partial charge in [-0.1, -0.05) is 30.3 Å². The molecule has 0 fully saturated rings. The molecule has 0 spiro atoms. The van der Waals surface area contributed by atoms with Crippen LogP contribution in [0.2, 0.25) is 0 Å². The van der Waals surface area contributed by atoms with Gasteiger partial charge in [0.1, 0.15) is 0 Å². The van der Waals surface area contributed by atoms with Crippen LogP contribution in [0.3, 0.4) is 0 Å². The van der Waals surface area contributed by atoms with Crippen molar-refractivity contribution in [3.05, 3.63) is 47.7 Å². The summed E-state index contributed by atoms with van der Waals surface area (Å²) in [4.78, 5) is 12.0. The molecule has 1 aromatic carbocycles. The van der Waals surface area contributed by atoms with E-state index in [9.17, 15) is 4.79 Å². The number of anilines is 1. The Morgan fingerprint density at radius 2 is 2.11 bits per heavy atom. The van der Waals surface area contributed by atoms with Gasteiger partial charge in [-0.3, -0.25) is 9.48 Å². The van der Waals surface area contributed by atoms with Crippen molar-refractivity contribution in [2.75, 3.05) is 5.32 Å². The van der Waals surface area contributed by atoms with Crippen molar-refractivity contribution >= 4 is 11.7 Å². The topological polar surface area (TPSA) is 72.9 Å². The molecule has 0 bridgehead atoms. The summed E-state index contributed by atoms with van der Waals surface area (Å²) < 4.78 is 1.71. The normalized spacial score (nSPS) is 12.2. The molecule has 5 heteroatoms. The highest BCUT2D eigenvalue weighted by Gasteiger charge is 2.15. The number of hydrogen-bond acceptors (Lipinski definition) is 3. The number of benzene rings is 1. The Balaban J connectivity index is 1.96. The summed E-state index contributed by atoms with van der Waals surface area (Å²) in [6, 6.07) is 10.9. The first-order chi connectivity index (χ1) is 9.06. The minimum absolute atomic E-state index is 0.220. The Morgan fingerprint density at radius 3 is 2.68 bits per heavy atom. The first-order valence-electron chi connectivity index (χ1n) is 6.17. The predicted octanol–water partition coefficient (Wildman–Crippen LogP) is 1.24. The minimum atomic E-state index is -0.579. The van der Waals surface area contributed by atoms with Crippen molar-refractivity contribution in [1.82, 2.24) is 9.78 Å². The van der Waals surface area contributed by atoms with E-state index in [2.05, 4.69) is 10.4 Å². The van der Waals surface area contributed by atoms with Crippen molar-refractivity contribution in [2.24, 2.45) is 12.8 Å². The molecule has 3 N–H and O–H groups in total. The second kappa shape index (κ2) is 5.67. The summed E-state index contributed by atoms with van der Waals surface area (Å²) in [5, 5.41) is 6.90. The maximum atomic E-state index is 12.0. The van der Waals surface area contributed by atoms with Gasteiger partial charge in [0.2, 0.25) is 5.91 Å². The minimum Gasteiger partial charge on any atom is -0.320 e. The number of aromatic nitrogens is 2. The molecule has 1 heterocycles. The van der Waals surface area contributed by atoms with E-state index < -0.39 is 6.04 Å². The number of rotatable bonds is 4. The third-order valence-electron chi connectivity index (χ3n) is 3.00. The van der Waals surface area contributed by atoms with Gasteiger partial charge in [-0.05, 0) is 18.9 Å². The molecule has 1 aromatic heterocycles. The largest absolute Gasteiger partial charge is 0.320 e. The van der Waals surface area contributed by atoms with Gasteiger partial charge in [0.15, 0.2) is 5.82 Å². The fourth-order valence-electron chi connectivity index (χ4n) is 1.80. The van der Waals surface area contributed by atoms with E-state index in [0.717, 1.165) is 11.3 Å². The second-order valence-electron chi connectivity index (χ2n) is 4.58. The van der Waals surface area contributed by atoms with Gasteiger partial charge in [-0.2, -0.15) is 5.10 Å². The van der Waals surface area contributed by atoms with Crippen molar-refractivity contribution in [3.8, 4) is 0 Å². The highest BCUT2D eigenvalue weighted by molar-refractivity contribution is 5.94. The molecule has 2 rings (SSSR count). The molecule has 0 radical (unpaired) electrons. The molecule has 5 nitrogen and oxygen atoms in total. The second-order valence-corrected chi connectivity index (χ2v) is 4.58. The van der Waals surface area contributed by atoms with Crippen LogP contribution in [0.1, 0.15) is 11.3 Å². The van der Waals surface area contributed by atoms with Crippen LogP contribution in [0.5, 0.6) is 0 Å². The monoisotopic (exact) mass is 258 g/mol. The first-order valence-corrected chi connectivity index (χ1v) is 6.17. The molecular formula is C14H18N4O. The van der Waals surface area contributed by atoms with Crippen LogP contribution in [0, 0.1) is 6.92 Å². The van der Waals surface area contributed by atoms with Crippen LogP contribution in [-0.2, 0) is 18.3 Å². The summed E-state index contributed by atoms with van der Waals surface area (Å²) in [5.74, 6) is 0.315. The Labute approximate surface area is 112 Å². The Hall–Kier alpha value is -2.14. The number of carbonyl (C=O) groups excluding carboxylic acids is 1. The first kappa shape index (κ1) is 13.3. The lowest BCUT2D eigenvalue weighted by molar-refractivity contribution is -0.117. The van der Waals surface area contributed by atoms with E-state index in [1.165, 1.54) is 0 Å². The van der Waals surface area contributed by atoms with Crippen LogP contribution in [-0.4, -0.2) is 21.7 Å². The predicted molar refractivity (Wildman–Crippen MR) is 74.7 cm³/mol. The number of nitrogens with two attached hydrogens (primary N) is 1. The average molecular weight is 258 g/mol. The van der Waals surface area contributed by atoms with E-state index in [1.807, 2.05) is 50.4 Å². The van der Waals surface area contributed by atoms with Gasteiger partial charge >= 0.3 is 0 Å². The van der Waals surface area contributed by atoms with Crippen molar-refractivity contribution in [3.63, 3.8) is 0 Å². The summed E-state index contributed by atoms with van der Waals surface area (Å²) in [7, 11) is 1.83. The molecule has 1 atom stereocenters. The zero-order valence-corrected chi connectivity index (χ0v) is 11.1. The third-order valence-corrected chi connectivity index (χ3v) is 3.00. The molecule has 0 saturated carbocycles. The number of aryl methyl sites for hydroxylation is 2. The van der Waals surface area contributed by atoms with Gasteiger partial charge in [0, 0.05) is 18.8 Å². The zero-order valence-electron chi connectivity index (χ0n) is 11.1. The van der Waals surface area contributed by atoms with E-state index in [0.29, 0.717) is 12.2 Å². The van der Waals surface area contributed by atoms with Crippen LogP contribution in [0.25, 0.3) is 0 Å². The van der Waals surface area contributed by atoms with E-state index in [4.69, 9.17) is 5.73 Å². The molecule has 0 unspecified atom stereocenters. The zero-order chi connectivity index (χ0) is 13.8. The number of nitrogens with one attached hydrogen (secondary N) is 1. The highest BCUT2D eigenvalue weighted by atomic mass is 16.2. The number of carbonyl (C=O) groups is 1. The Bertz CT molecular complexity index is 543. The van der Waals surface area contributed by atoms with Crippen molar-refractivity contribution in [1.29, 1.82) is 0 Å². The summed E-state index contributed by atoms with van der Waals surface area (Å²) in [6.07, 6.45) is 0.512. The molecule has 0 saturated heterocycles. The van der Waals surface area contributed by atoms with Crippen LogP contribution >= 0.6 is 0 Å². The Kier molecular flexibility index (Phi) is 3.97. The molecule has 0 aliphatic carbocycles.